The molecular formula is C20H38O3. The highest BCUT2D eigenvalue weighted by atomic mass is 16.5. The number of hydrogen-bond acceptors (Lipinski definition) is 3. The van der Waals surface area contributed by atoms with E-state index < -0.39 is 5.60 Å². The highest BCUT2D eigenvalue weighted by Crippen LogP contribution is 2.27. The van der Waals surface area contributed by atoms with Crippen LogP contribution >= 0.6 is 0 Å². The molecule has 1 heterocycles. The average molecular weight is 327 g/mol. The number of carbonyl (C=O) groups is 1. The van der Waals surface area contributed by atoms with E-state index in [0.29, 0.717) is 13.0 Å². The summed E-state index contributed by atoms with van der Waals surface area (Å²) in [4.78, 5) is 11.2. The number of aliphatic hydroxyl groups is 1. The maximum atomic E-state index is 11.2. The molecule has 1 aliphatic rings. The lowest BCUT2D eigenvalue weighted by Gasteiger charge is -2.30. The fourth-order valence-corrected chi connectivity index (χ4v) is 3.45. The van der Waals surface area contributed by atoms with Crippen LogP contribution in [0.25, 0.3) is 0 Å². The topological polar surface area (TPSA) is 46.5 Å². The first kappa shape index (κ1) is 20.5. The van der Waals surface area contributed by atoms with Crippen molar-refractivity contribution in [2.45, 2.75) is 115 Å². The van der Waals surface area contributed by atoms with Crippen LogP contribution in [0.1, 0.15) is 110 Å². The maximum Gasteiger partial charge on any atom is 0.308 e. The summed E-state index contributed by atoms with van der Waals surface area (Å²) in [5.74, 6) is -0.242. The van der Waals surface area contributed by atoms with Crippen LogP contribution in [0.4, 0.5) is 0 Å². The van der Waals surface area contributed by atoms with Gasteiger partial charge in [-0.15, -0.1) is 0 Å². The van der Waals surface area contributed by atoms with Gasteiger partial charge in [0.05, 0.1) is 18.6 Å². The molecule has 3 heteroatoms. The third-order valence-electron chi connectivity index (χ3n) is 5.05. The monoisotopic (exact) mass is 326 g/mol. The predicted molar refractivity (Wildman–Crippen MR) is 95.5 cm³/mol. The summed E-state index contributed by atoms with van der Waals surface area (Å²) in [6, 6.07) is 0. The summed E-state index contributed by atoms with van der Waals surface area (Å²) in [5.41, 5.74) is -0.785. The van der Waals surface area contributed by atoms with Crippen molar-refractivity contribution in [3.8, 4) is 0 Å². The lowest BCUT2D eigenvalue weighted by Crippen LogP contribution is -2.38. The predicted octanol–water partition coefficient (Wildman–Crippen LogP) is 5.54. The third kappa shape index (κ3) is 10.8. The van der Waals surface area contributed by atoms with E-state index in [-0.39, 0.29) is 12.4 Å². The third-order valence-corrected chi connectivity index (χ3v) is 5.05. The minimum Gasteiger partial charge on any atom is -0.465 e. The quantitative estimate of drug-likeness (QED) is 0.337. The molecule has 1 aliphatic heterocycles. The molecule has 0 unspecified atom stereocenters. The van der Waals surface area contributed by atoms with E-state index in [1.165, 1.54) is 77.0 Å². The van der Waals surface area contributed by atoms with Crippen molar-refractivity contribution >= 4 is 5.97 Å². The van der Waals surface area contributed by atoms with Crippen molar-refractivity contribution in [1.29, 1.82) is 0 Å². The highest BCUT2D eigenvalue weighted by Gasteiger charge is 2.33. The van der Waals surface area contributed by atoms with Gasteiger partial charge in [0.2, 0.25) is 0 Å². The molecule has 0 aromatic heterocycles. The summed E-state index contributed by atoms with van der Waals surface area (Å²) >= 11 is 0. The highest BCUT2D eigenvalue weighted by molar-refractivity contribution is 5.71. The molecule has 1 fully saturated rings. The Balaban J connectivity index is 1.82. The van der Waals surface area contributed by atoms with Crippen molar-refractivity contribution in [3.63, 3.8) is 0 Å². The molecule has 1 atom stereocenters. The molecule has 1 saturated heterocycles. The summed E-state index contributed by atoms with van der Waals surface area (Å²) < 4.78 is 4.89. The second-order valence-corrected chi connectivity index (χ2v) is 7.36. The van der Waals surface area contributed by atoms with Crippen molar-refractivity contribution in [1.82, 2.24) is 0 Å². The molecule has 3 nitrogen and oxygen atoms in total. The number of hydrogen-bond donors (Lipinski definition) is 1. The summed E-state index contributed by atoms with van der Waals surface area (Å²) in [6.07, 6.45) is 18.9. The number of carbonyl (C=O) groups excluding carboxylic acids is 1. The van der Waals surface area contributed by atoms with Crippen LogP contribution < -0.4 is 0 Å². The Labute approximate surface area is 143 Å². The molecule has 0 saturated carbocycles. The molecule has 1 rings (SSSR count). The van der Waals surface area contributed by atoms with E-state index in [0.717, 1.165) is 12.8 Å². The van der Waals surface area contributed by atoms with Gasteiger partial charge in [0, 0.05) is 6.42 Å². The number of unbranched alkanes of at least 4 members (excludes halogenated alkanes) is 12. The fourth-order valence-electron chi connectivity index (χ4n) is 3.45. The minimum atomic E-state index is -0.785. The van der Waals surface area contributed by atoms with E-state index in [9.17, 15) is 9.90 Å². The van der Waals surface area contributed by atoms with E-state index in [1.807, 2.05) is 0 Å². The smallest absolute Gasteiger partial charge is 0.308 e. The van der Waals surface area contributed by atoms with Gasteiger partial charge < -0.3 is 9.84 Å². The van der Waals surface area contributed by atoms with Crippen LogP contribution in [0.2, 0.25) is 0 Å². The van der Waals surface area contributed by atoms with Gasteiger partial charge in [0.25, 0.3) is 0 Å². The summed E-state index contributed by atoms with van der Waals surface area (Å²) in [5, 5.41) is 10.3. The summed E-state index contributed by atoms with van der Waals surface area (Å²) in [6.45, 7) is 2.65. The van der Waals surface area contributed by atoms with Gasteiger partial charge in [-0.1, -0.05) is 90.4 Å². The normalized spacial score (nSPS) is 21.4. The number of esters is 1. The largest absolute Gasteiger partial charge is 0.465 e. The summed E-state index contributed by atoms with van der Waals surface area (Å²) in [7, 11) is 0. The average Bonchev–Trinajstić information content (AvgIpc) is 2.51. The number of cyclic esters (lactones) is 1. The zero-order valence-electron chi connectivity index (χ0n) is 15.3. The molecule has 0 amide bonds. The van der Waals surface area contributed by atoms with Crippen molar-refractivity contribution in [2.75, 3.05) is 6.61 Å². The van der Waals surface area contributed by atoms with Crippen LogP contribution in [0.3, 0.4) is 0 Å². The van der Waals surface area contributed by atoms with Crippen LogP contribution in [0.15, 0.2) is 0 Å². The minimum absolute atomic E-state index is 0.186. The standard InChI is InChI=1S/C20H38O3/c1-2-3-4-5-6-7-8-9-10-11-12-13-14-15-20(22)16-17-23-19(21)18-20/h22H,2-18H2,1H3/t20-/m1/s1. The Morgan fingerprint density at radius 1 is 0.870 bits per heavy atom. The molecule has 23 heavy (non-hydrogen) atoms. The van der Waals surface area contributed by atoms with E-state index >= 15 is 0 Å². The van der Waals surface area contributed by atoms with E-state index in [1.54, 1.807) is 0 Å². The molecule has 0 radical (unpaired) electrons. The van der Waals surface area contributed by atoms with Crippen LogP contribution in [0.5, 0.6) is 0 Å². The Bertz CT molecular complexity index is 303. The zero-order chi connectivity index (χ0) is 16.8. The molecular weight excluding hydrogens is 288 g/mol. The Morgan fingerprint density at radius 3 is 1.83 bits per heavy atom. The number of ether oxygens (including phenoxy) is 1. The SMILES string of the molecule is CCCCCCCCCCCCCCC[C@@]1(O)CCOC(=O)C1. The second kappa shape index (κ2) is 12.8. The Kier molecular flexibility index (Phi) is 11.4. The lowest BCUT2D eigenvalue weighted by atomic mass is 9.88. The maximum absolute atomic E-state index is 11.2. The van der Waals surface area contributed by atoms with Gasteiger partial charge in [-0.3, -0.25) is 4.79 Å². The molecule has 0 spiro atoms. The Hall–Kier alpha value is -0.570. The van der Waals surface area contributed by atoms with Crippen LogP contribution in [0, 0.1) is 0 Å². The first-order valence-electron chi connectivity index (χ1n) is 10.0. The number of rotatable bonds is 14. The van der Waals surface area contributed by atoms with Gasteiger partial charge >= 0.3 is 5.97 Å². The zero-order valence-corrected chi connectivity index (χ0v) is 15.3. The van der Waals surface area contributed by atoms with Gasteiger partial charge in [-0.05, 0) is 6.42 Å². The van der Waals surface area contributed by atoms with E-state index in [2.05, 4.69) is 6.92 Å². The second-order valence-electron chi connectivity index (χ2n) is 7.36. The van der Waals surface area contributed by atoms with E-state index in [4.69, 9.17) is 4.74 Å². The van der Waals surface area contributed by atoms with Gasteiger partial charge in [-0.2, -0.15) is 0 Å². The van der Waals surface area contributed by atoms with Crippen molar-refractivity contribution in [2.24, 2.45) is 0 Å². The lowest BCUT2D eigenvalue weighted by molar-refractivity contribution is -0.160. The van der Waals surface area contributed by atoms with Crippen LogP contribution in [-0.4, -0.2) is 23.3 Å². The van der Waals surface area contributed by atoms with Crippen LogP contribution in [-0.2, 0) is 9.53 Å². The van der Waals surface area contributed by atoms with Crippen molar-refractivity contribution in [3.05, 3.63) is 0 Å². The molecule has 0 bridgehead atoms. The van der Waals surface area contributed by atoms with Gasteiger partial charge in [-0.25, -0.2) is 0 Å². The van der Waals surface area contributed by atoms with Crippen molar-refractivity contribution < 1.29 is 14.6 Å². The molecule has 0 aliphatic carbocycles. The van der Waals surface area contributed by atoms with Gasteiger partial charge in [0.15, 0.2) is 0 Å². The molecule has 1 N–H and O–H groups in total. The van der Waals surface area contributed by atoms with Gasteiger partial charge in [0.1, 0.15) is 0 Å². The molecule has 136 valence electrons. The first-order valence-corrected chi connectivity index (χ1v) is 10.0. The molecule has 0 aromatic rings. The fraction of sp³-hybridized carbons (Fsp3) is 0.950. The Morgan fingerprint density at radius 2 is 1.35 bits per heavy atom. The molecule has 0 aromatic carbocycles. The first-order chi connectivity index (χ1) is 11.2.